The van der Waals surface area contributed by atoms with Gasteiger partial charge in [-0.3, -0.25) is 4.99 Å². The molecule has 0 amide bonds. The maximum atomic E-state index is 14.2. The first-order valence-corrected chi connectivity index (χ1v) is 13.1. The molecule has 0 aliphatic carbocycles. The molecule has 0 bridgehead atoms. The molecule has 3 aromatic rings. The molecular formula is C30H33ClF6N2. The van der Waals surface area contributed by atoms with Crippen molar-refractivity contribution in [2.75, 3.05) is 0 Å². The zero-order chi connectivity index (χ0) is 29.3. The highest BCUT2D eigenvalue weighted by molar-refractivity contribution is 6.31. The first kappa shape index (κ1) is 32.2. The summed E-state index contributed by atoms with van der Waals surface area (Å²) in [6.45, 7) is 8.60. The molecule has 0 aliphatic rings. The monoisotopic (exact) mass is 570 g/mol. The van der Waals surface area contributed by atoms with E-state index in [-0.39, 0.29) is 10.6 Å². The predicted molar refractivity (Wildman–Crippen MR) is 148 cm³/mol. The van der Waals surface area contributed by atoms with Crippen LogP contribution in [0, 0.1) is 17.5 Å². The van der Waals surface area contributed by atoms with Crippen LogP contribution < -0.4 is 0 Å². The number of nitrogens with zero attached hydrogens (tertiary/aromatic N) is 1. The van der Waals surface area contributed by atoms with Crippen LogP contribution in [0.5, 0.6) is 0 Å². The first-order chi connectivity index (χ1) is 18.3. The van der Waals surface area contributed by atoms with Crippen LogP contribution in [0.2, 0.25) is 5.02 Å². The number of hydrogen-bond donors (Lipinski definition) is 1. The number of rotatable bonds is 8. The summed E-state index contributed by atoms with van der Waals surface area (Å²) in [5.41, 5.74) is 2.72. The third-order valence-electron chi connectivity index (χ3n) is 6.19. The van der Waals surface area contributed by atoms with E-state index in [1.807, 2.05) is 19.9 Å². The highest BCUT2D eigenvalue weighted by Crippen LogP contribution is 2.36. The van der Waals surface area contributed by atoms with Gasteiger partial charge >= 0.3 is 6.18 Å². The van der Waals surface area contributed by atoms with Crippen LogP contribution in [0.15, 0.2) is 58.7 Å². The third-order valence-corrected chi connectivity index (χ3v) is 6.48. The molecule has 1 unspecified atom stereocenters. The van der Waals surface area contributed by atoms with E-state index < -0.39 is 35.1 Å². The Kier molecular flexibility index (Phi) is 11.9. The Bertz CT molecular complexity index is 1350. The van der Waals surface area contributed by atoms with Crippen LogP contribution in [0.4, 0.5) is 26.3 Å². The molecule has 2 nitrogen and oxygen atoms in total. The summed E-state index contributed by atoms with van der Waals surface area (Å²) in [5, 5.41) is 0.888. The maximum absolute atomic E-state index is 14.2. The van der Waals surface area contributed by atoms with E-state index in [1.54, 1.807) is 19.1 Å². The molecule has 3 rings (SSSR count). The fraction of sp³-hybridized carbons (Fsp3) is 0.367. The Morgan fingerprint density at radius 3 is 2.38 bits per heavy atom. The number of H-pyrrole nitrogens is 1. The quantitative estimate of drug-likeness (QED) is 0.206. The molecule has 1 atom stereocenters. The summed E-state index contributed by atoms with van der Waals surface area (Å²) in [4.78, 5) is 7.03. The van der Waals surface area contributed by atoms with Crippen molar-refractivity contribution in [2.45, 2.75) is 72.4 Å². The SMILES string of the molecule is CC/C=C(C)/N=C/C=C(\C)C(F)(F)F.CCCCc1c(C(C)c2cccc(F)c2F)[nH]c2cc(F)c(Cl)cc12. The standard InChI is InChI=1S/C20H19ClF3N.C10H14F3N/c1-3-4-6-13-14-9-15(21)17(23)10-18(14)25-20(13)11(2)12-7-5-8-16(22)19(12)24;1-4-5-9(3)14-7-6-8(2)10(11,12)13/h5,7-11,25H,3-4,6H2,1-2H3;5-7H,4H2,1-3H3/b;8-6+,9-5+,14-7+. The van der Waals surface area contributed by atoms with Crippen LogP contribution in [-0.2, 0) is 6.42 Å². The lowest BCUT2D eigenvalue weighted by Crippen LogP contribution is -2.08. The summed E-state index contributed by atoms with van der Waals surface area (Å²) < 4.78 is 77.6. The minimum absolute atomic E-state index is 0.0559. The Balaban J connectivity index is 0.000000326. The average molecular weight is 571 g/mol. The molecule has 0 saturated carbocycles. The van der Waals surface area contributed by atoms with E-state index in [0.29, 0.717) is 5.52 Å². The second-order valence-electron chi connectivity index (χ2n) is 9.18. The molecule has 0 spiro atoms. The van der Waals surface area contributed by atoms with E-state index in [4.69, 9.17) is 11.6 Å². The van der Waals surface area contributed by atoms with E-state index in [2.05, 4.69) is 16.9 Å². The lowest BCUT2D eigenvalue weighted by Gasteiger charge is -2.15. The Labute approximate surface area is 230 Å². The zero-order valence-electron chi connectivity index (χ0n) is 22.6. The number of aliphatic imine (C=N–C) groups is 1. The number of aromatic nitrogens is 1. The number of hydrogen-bond acceptors (Lipinski definition) is 1. The molecule has 0 saturated heterocycles. The van der Waals surface area contributed by atoms with Gasteiger partial charge in [-0.2, -0.15) is 13.2 Å². The molecule has 1 aromatic heterocycles. The number of alkyl halides is 3. The second-order valence-corrected chi connectivity index (χ2v) is 9.58. The molecule has 1 heterocycles. The van der Waals surface area contributed by atoms with Crippen LogP contribution in [-0.4, -0.2) is 17.4 Å². The van der Waals surface area contributed by atoms with Crippen molar-refractivity contribution in [1.29, 1.82) is 0 Å². The van der Waals surface area contributed by atoms with Crippen molar-refractivity contribution in [3.63, 3.8) is 0 Å². The summed E-state index contributed by atoms with van der Waals surface area (Å²) in [6, 6.07) is 7.13. The second kappa shape index (κ2) is 14.4. The highest BCUT2D eigenvalue weighted by Gasteiger charge is 2.29. The Morgan fingerprint density at radius 1 is 1.08 bits per heavy atom. The van der Waals surface area contributed by atoms with E-state index in [1.165, 1.54) is 18.3 Å². The van der Waals surface area contributed by atoms with Gasteiger partial charge in [-0.15, -0.1) is 0 Å². The molecule has 2 aromatic carbocycles. The van der Waals surface area contributed by atoms with E-state index in [0.717, 1.165) is 67.1 Å². The van der Waals surface area contributed by atoms with Gasteiger partial charge in [-0.05, 0) is 68.5 Å². The van der Waals surface area contributed by atoms with Gasteiger partial charge in [-0.25, -0.2) is 13.2 Å². The first-order valence-electron chi connectivity index (χ1n) is 12.7. The van der Waals surface area contributed by atoms with Gasteiger partial charge in [0.05, 0.1) is 5.02 Å². The summed E-state index contributed by atoms with van der Waals surface area (Å²) in [7, 11) is 0. The summed E-state index contributed by atoms with van der Waals surface area (Å²) in [6.07, 6.45) is 3.23. The highest BCUT2D eigenvalue weighted by atomic mass is 35.5. The number of aromatic amines is 1. The lowest BCUT2D eigenvalue weighted by molar-refractivity contribution is -0.0911. The molecule has 0 aliphatic heterocycles. The Morgan fingerprint density at radius 2 is 1.77 bits per heavy atom. The number of benzene rings is 2. The smallest absolute Gasteiger partial charge is 0.358 e. The number of halogens is 7. The Hall–Kier alpha value is -3.00. The van der Waals surface area contributed by atoms with Crippen molar-refractivity contribution in [3.05, 3.63) is 93.0 Å². The number of nitrogens with one attached hydrogen (secondary N) is 1. The van der Waals surface area contributed by atoms with Crippen molar-refractivity contribution in [2.24, 2.45) is 4.99 Å². The summed E-state index contributed by atoms with van der Waals surface area (Å²) in [5.74, 6) is -2.62. The van der Waals surface area contributed by atoms with Crippen LogP contribution in [0.25, 0.3) is 10.9 Å². The average Bonchev–Trinajstić information content (AvgIpc) is 3.21. The molecular weight excluding hydrogens is 538 g/mol. The van der Waals surface area contributed by atoms with E-state index >= 15 is 0 Å². The maximum Gasteiger partial charge on any atom is 0.412 e. The normalized spacial score (nSPS) is 13.6. The molecule has 0 radical (unpaired) electrons. The van der Waals surface area contributed by atoms with Gasteiger partial charge in [0.15, 0.2) is 11.6 Å². The number of unbranched alkanes of at least 4 members (excludes halogenated alkanes) is 1. The molecule has 0 fully saturated rings. The van der Waals surface area contributed by atoms with Gasteiger partial charge < -0.3 is 4.98 Å². The summed E-state index contributed by atoms with van der Waals surface area (Å²) >= 11 is 5.95. The topological polar surface area (TPSA) is 28.1 Å². The lowest BCUT2D eigenvalue weighted by atomic mass is 9.92. The van der Waals surface area contributed by atoms with Gasteiger partial charge in [0, 0.05) is 40.0 Å². The van der Waals surface area contributed by atoms with Gasteiger partial charge in [0.2, 0.25) is 0 Å². The minimum Gasteiger partial charge on any atom is -0.358 e. The van der Waals surface area contributed by atoms with Crippen molar-refractivity contribution in [3.8, 4) is 0 Å². The number of allylic oxidation sites excluding steroid dienone is 4. The molecule has 1 N–H and O–H groups in total. The number of aryl methyl sites for hydroxylation is 1. The minimum atomic E-state index is -4.26. The van der Waals surface area contributed by atoms with Gasteiger partial charge in [0.25, 0.3) is 0 Å². The van der Waals surface area contributed by atoms with Crippen LogP contribution in [0.3, 0.4) is 0 Å². The molecule has 9 heteroatoms. The number of fused-ring (bicyclic) bond motifs is 1. The molecule has 39 heavy (non-hydrogen) atoms. The third kappa shape index (κ3) is 8.75. The fourth-order valence-corrected chi connectivity index (χ4v) is 4.14. The van der Waals surface area contributed by atoms with Gasteiger partial charge in [0.1, 0.15) is 5.82 Å². The molecule has 212 valence electrons. The van der Waals surface area contributed by atoms with Crippen LogP contribution >= 0.6 is 11.6 Å². The van der Waals surface area contributed by atoms with Crippen molar-refractivity contribution < 1.29 is 26.3 Å². The zero-order valence-corrected chi connectivity index (χ0v) is 23.4. The van der Waals surface area contributed by atoms with E-state index in [9.17, 15) is 26.3 Å². The van der Waals surface area contributed by atoms with Gasteiger partial charge in [-0.1, -0.05) is 57.0 Å². The van der Waals surface area contributed by atoms with Crippen molar-refractivity contribution in [1.82, 2.24) is 4.98 Å². The fourth-order valence-electron chi connectivity index (χ4n) is 3.98. The van der Waals surface area contributed by atoms with Crippen LogP contribution in [0.1, 0.15) is 76.6 Å². The van der Waals surface area contributed by atoms with Crippen molar-refractivity contribution >= 4 is 28.7 Å². The largest absolute Gasteiger partial charge is 0.412 e. The predicted octanol–water partition coefficient (Wildman–Crippen LogP) is 10.6.